The lowest BCUT2D eigenvalue weighted by molar-refractivity contribution is -0.176. The first kappa shape index (κ1) is 27.8. The Kier molecular flexibility index (Phi) is 8.10. The highest BCUT2D eigenvalue weighted by Gasteiger charge is 2.49. The summed E-state index contributed by atoms with van der Waals surface area (Å²) in [5.74, 6) is -0.0220. The van der Waals surface area contributed by atoms with Crippen molar-refractivity contribution >= 4 is 28.6 Å². The fourth-order valence-electron chi connectivity index (χ4n) is 5.48. The zero-order chi connectivity index (χ0) is 27.6. The highest BCUT2D eigenvalue weighted by Crippen LogP contribution is 2.41. The summed E-state index contributed by atoms with van der Waals surface area (Å²) in [5, 5.41) is 14.8. The van der Waals surface area contributed by atoms with Crippen molar-refractivity contribution in [2.45, 2.75) is 82.9 Å². The molecule has 4 heterocycles. The number of aliphatic hydroxyl groups is 1. The Morgan fingerprint density at radius 2 is 1.92 bits per heavy atom. The molecule has 0 aliphatic carbocycles. The predicted molar refractivity (Wildman–Crippen MR) is 154 cm³/mol. The summed E-state index contributed by atoms with van der Waals surface area (Å²) in [6, 6.07) is 8.12. The van der Waals surface area contributed by atoms with Crippen LogP contribution < -0.4 is 10.9 Å². The van der Waals surface area contributed by atoms with Crippen LogP contribution in [0.2, 0.25) is 0 Å². The van der Waals surface area contributed by atoms with E-state index in [1.807, 2.05) is 28.5 Å². The topological polar surface area (TPSA) is 80.0 Å². The number of hydrogen-bond acceptors (Lipinski definition) is 6. The van der Waals surface area contributed by atoms with Gasteiger partial charge in [0.25, 0.3) is 5.56 Å². The molecule has 1 atom stereocenters. The van der Waals surface area contributed by atoms with Gasteiger partial charge < -0.3 is 10.4 Å². The predicted octanol–water partition coefficient (Wildman–Crippen LogP) is 6.30. The van der Waals surface area contributed by atoms with Crippen molar-refractivity contribution in [3.05, 3.63) is 75.4 Å². The number of hydrogen-bond donors (Lipinski definition) is 2. The van der Waals surface area contributed by atoms with Gasteiger partial charge in [0.05, 0.1) is 5.39 Å². The molecule has 9 heteroatoms. The zero-order valence-electron chi connectivity index (χ0n) is 22.6. The number of aryl methyl sites for hydroxylation is 2. The average Bonchev–Trinajstić information content (AvgIpc) is 2.92. The standard InChI is InChI=1S/C30H36F2N4O2S/c1-20-34-26-25-18-24(22-11-15-39-16-12-22)28(37)36(27(25)35-20)14-7-5-3-4-6-13-29(2,38)30(31,32)23-10-8-9-21(17-23)19-33-26/h4,6,8-10,17-18,22,38H,3,5,7,11-16,19H2,1-2H3,(H,33,34,35)/b6-4-. The van der Waals surface area contributed by atoms with Gasteiger partial charge in [0.1, 0.15) is 22.9 Å². The summed E-state index contributed by atoms with van der Waals surface area (Å²) in [6.07, 6.45) is 7.44. The number of rotatable bonds is 1. The van der Waals surface area contributed by atoms with Crippen molar-refractivity contribution in [3.8, 4) is 0 Å². The molecular formula is C30H36F2N4O2S. The number of halogens is 2. The molecule has 0 saturated carbocycles. The van der Waals surface area contributed by atoms with Gasteiger partial charge in [-0.15, -0.1) is 0 Å². The minimum absolute atomic E-state index is 0.0272. The molecule has 1 unspecified atom stereocenters. The van der Waals surface area contributed by atoms with Gasteiger partial charge in [0, 0.05) is 30.6 Å². The van der Waals surface area contributed by atoms with Crippen molar-refractivity contribution < 1.29 is 13.9 Å². The molecule has 3 aromatic rings. The fourth-order valence-corrected chi connectivity index (χ4v) is 6.59. The molecule has 5 rings (SSSR count). The normalized spacial score (nSPS) is 23.6. The Morgan fingerprint density at radius 1 is 1.13 bits per heavy atom. The van der Waals surface area contributed by atoms with E-state index in [4.69, 9.17) is 4.98 Å². The quantitative estimate of drug-likeness (QED) is 0.344. The van der Waals surface area contributed by atoms with E-state index in [2.05, 4.69) is 10.3 Å². The Hall–Kier alpha value is -2.78. The second-order valence-corrected chi connectivity index (χ2v) is 12.1. The SMILES string of the molecule is Cc1nc2c3cc(C4CCSCC4)c(=O)n(c3n1)CCCC/C=C\CC(C)(O)C(F)(F)c1cccc(c1)CN2. The first-order chi connectivity index (χ1) is 18.7. The van der Waals surface area contributed by atoms with Crippen LogP contribution in [0.5, 0.6) is 0 Å². The molecule has 2 aromatic heterocycles. The van der Waals surface area contributed by atoms with Crippen LogP contribution in [0.25, 0.3) is 11.0 Å². The Balaban J connectivity index is 1.61. The molecule has 1 fully saturated rings. The number of nitrogens with zero attached hydrogens (tertiary/aromatic N) is 3. The van der Waals surface area contributed by atoms with E-state index in [0.717, 1.165) is 48.1 Å². The van der Waals surface area contributed by atoms with Crippen LogP contribution in [0.3, 0.4) is 0 Å². The highest BCUT2D eigenvalue weighted by molar-refractivity contribution is 7.99. The maximum absolute atomic E-state index is 15.4. The Morgan fingerprint density at radius 3 is 2.72 bits per heavy atom. The van der Waals surface area contributed by atoms with E-state index in [1.54, 1.807) is 25.1 Å². The number of allylic oxidation sites excluding steroid dienone is 1. The summed E-state index contributed by atoms with van der Waals surface area (Å²) in [5.41, 5.74) is -0.360. The van der Waals surface area contributed by atoms with Gasteiger partial charge in [-0.1, -0.05) is 30.4 Å². The van der Waals surface area contributed by atoms with Gasteiger partial charge in [0.2, 0.25) is 0 Å². The summed E-state index contributed by atoms with van der Waals surface area (Å²) in [7, 11) is 0. The van der Waals surface area contributed by atoms with E-state index < -0.39 is 11.5 Å². The molecule has 0 spiro atoms. The minimum Gasteiger partial charge on any atom is -0.383 e. The monoisotopic (exact) mass is 554 g/mol. The van der Waals surface area contributed by atoms with Crippen molar-refractivity contribution in [2.24, 2.45) is 0 Å². The molecule has 0 amide bonds. The Labute approximate surface area is 232 Å². The summed E-state index contributed by atoms with van der Waals surface area (Å²) in [4.78, 5) is 23.1. The molecule has 208 valence electrons. The fraction of sp³-hybridized carbons (Fsp3) is 0.500. The third-order valence-corrected chi connectivity index (χ3v) is 8.91. The highest BCUT2D eigenvalue weighted by atomic mass is 32.2. The lowest BCUT2D eigenvalue weighted by atomic mass is 9.87. The number of pyridine rings is 1. The molecule has 2 aliphatic heterocycles. The molecule has 6 bridgehead atoms. The van der Waals surface area contributed by atoms with Crippen molar-refractivity contribution in [2.75, 3.05) is 16.8 Å². The smallest absolute Gasteiger partial charge is 0.301 e. The number of alkyl halides is 2. The van der Waals surface area contributed by atoms with E-state index in [9.17, 15) is 9.90 Å². The molecule has 39 heavy (non-hydrogen) atoms. The van der Waals surface area contributed by atoms with Crippen LogP contribution in [0.4, 0.5) is 14.6 Å². The van der Waals surface area contributed by atoms with E-state index in [0.29, 0.717) is 35.8 Å². The van der Waals surface area contributed by atoms with Gasteiger partial charge in [-0.3, -0.25) is 9.36 Å². The number of anilines is 1. The molecule has 0 radical (unpaired) electrons. The largest absolute Gasteiger partial charge is 0.383 e. The number of aromatic nitrogens is 3. The number of fused-ring (bicyclic) bond motifs is 2. The zero-order valence-corrected chi connectivity index (χ0v) is 23.4. The number of benzene rings is 1. The Bertz CT molecular complexity index is 1430. The lowest BCUT2D eigenvalue weighted by Crippen LogP contribution is -2.42. The lowest BCUT2D eigenvalue weighted by Gasteiger charge is -2.32. The molecule has 1 aromatic carbocycles. The van der Waals surface area contributed by atoms with Gasteiger partial charge in [-0.25, -0.2) is 9.97 Å². The third kappa shape index (κ3) is 5.75. The second kappa shape index (κ2) is 11.4. The van der Waals surface area contributed by atoms with Crippen LogP contribution in [-0.2, 0) is 19.0 Å². The minimum atomic E-state index is -3.43. The van der Waals surface area contributed by atoms with Crippen molar-refractivity contribution in [1.29, 1.82) is 0 Å². The first-order valence-electron chi connectivity index (χ1n) is 13.8. The van der Waals surface area contributed by atoms with Gasteiger partial charge in [-0.2, -0.15) is 20.5 Å². The molecule has 6 nitrogen and oxygen atoms in total. The van der Waals surface area contributed by atoms with Crippen molar-refractivity contribution in [1.82, 2.24) is 14.5 Å². The maximum Gasteiger partial charge on any atom is 0.301 e. The summed E-state index contributed by atoms with van der Waals surface area (Å²) >= 11 is 1.93. The van der Waals surface area contributed by atoms with Crippen LogP contribution in [0.15, 0.2) is 47.3 Å². The van der Waals surface area contributed by atoms with Crippen LogP contribution >= 0.6 is 11.8 Å². The second-order valence-electron chi connectivity index (χ2n) is 10.9. The average molecular weight is 555 g/mol. The van der Waals surface area contributed by atoms with E-state index in [-0.39, 0.29) is 30.0 Å². The van der Waals surface area contributed by atoms with Gasteiger partial charge in [0.15, 0.2) is 0 Å². The van der Waals surface area contributed by atoms with Crippen LogP contribution in [0.1, 0.15) is 73.9 Å². The number of thioether (sulfide) groups is 1. The van der Waals surface area contributed by atoms with E-state index >= 15 is 8.78 Å². The third-order valence-electron chi connectivity index (χ3n) is 7.86. The van der Waals surface area contributed by atoms with Crippen molar-refractivity contribution in [3.63, 3.8) is 0 Å². The maximum atomic E-state index is 15.4. The number of nitrogens with one attached hydrogen (secondary N) is 1. The van der Waals surface area contributed by atoms with Gasteiger partial charge >= 0.3 is 5.92 Å². The molecular weight excluding hydrogens is 518 g/mol. The molecule has 2 N–H and O–H groups in total. The molecule has 1 saturated heterocycles. The first-order valence-corrected chi connectivity index (χ1v) is 14.9. The van der Waals surface area contributed by atoms with E-state index in [1.165, 1.54) is 19.1 Å². The van der Waals surface area contributed by atoms with Crippen LogP contribution in [0, 0.1) is 6.92 Å². The van der Waals surface area contributed by atoms with Gasteiger partial charge in [-0.05, 0) is 81.1 Å². The summed E-state index contributed by atoms with van der Waals surface area (Å²) in [6.45, 7) is 3.76. The molecule has 2 aliphatic rings. The summed E-state index contributed by atoms with van der Waals surface area (Å²) < 4.78 is 32.7. The van der Waals surface area contributed by atoms with Crippen LogP contribution in [-0.4, -0.2) is 36.7 Å².